The lowest BCUT2D eigenvalue weighted by molar-refractivity contribution is 0.537. The van der Waals surface area contributed by atoms with Crippen molar-refractivity contribution in [2.75, 3.05) is 0 Å². The zero-order valence-corrected chi connectivity index (χ0v) is 6.67. The molecular weight excluding hydrogens is 178 g/mol. The molecule has 0 saturated heterocycles. The van der Waals surface area contributed by atoms with E-state index >= 15 is 0 Å². The smallest absolute Gasteiger partial charge is 0.114 e. The minimum atomic E-state index is -2.20. The number of benzene rings is 1. The second-order valence-electron chi connectivity index (χ2n) is 2.21. The second-order valence-corrected chi connectivity index (χ2v) is 3.15. The van der Waals surface area contributed by atoms with Crippen LogP contribution in [0.25, 0.3) is 11.0 Å². The number of nitrogens with one attached hydrogen (secondary N) is 1. The molecule has 1 unspecified atom stereocenters. The molecule has 6 heteroatoms. The Kier molecular flexibility index (Phi) is 1.63. The van der Waals surface area contributed by atoms with E-state index in [9.17, 15) is 8.76 Å². The van der Waals surface area contributed by atoms with Crippen LogP contribution in [-0.4, -0.2) is 24.2 Å². The van der Waals surface area contributed by atoms with E-state index in [-0.39, 0.29) is 4.90 Å². The molecule has 0 aliphatic heterocycles. The van der Waals surface area contributed by atoms with Crippen molar-refractivity contribution in [3.63, 3.8) is 0 Å². The van der Waals surface area contributed by atoms with Gasteiger partial charge in [-0.2, -0.15) is 15.4 Å². The van der Waals surface area contributed by atoms with Gasteiger partial charge in [0.1, 0.15) is 11.0 Å². The first-order valence-corrected chi connectivity index (χ1v) is 4.24. The highest BCUT2D eigenvalue weighted by Gasteiger charge is 1.98. The molecule has 1 aromatic carbocycles. The zero-order valence-electron chi connectivity index (χ0n) is 5.85. The highest BCUT2D eigenvalue weighted by Crippen LogP contribution is 2.12. The van der Waals surface area contributed by atoms with Gasteiger partial charge in [0.25, 0.3) is 0 Å². The predicted octanol–water partition coefficient (Wildman–Crippen LogP) is 0.196. The number of rotatable bonds is 1. The number of aromatic amines is 1. The number of H-pyrrole nitrogens is 1. The Morgan fingerprint density at radius 1 is 1.33 bits per heavy atom. The van der Waals surface area contributed by atoms with Gasteiger partial charge in [0.15, 0.2) is 0 Å². The SMILES string of the molecule is O=S([O-])c1ccc2n[nH]nc2c1. The minimum absolute atomic E-state index is 0.219. The molecule has 62 valence electrons. The normalized spacial score (nSPS) is 13.4. The summed E-state index contributed by atoms with van der Waals surface area (Å²) in [7, 11) is 0. The third-order valence-corrected chi connectivity index (χ3v) is 2.12. The van der Waals surface area contributed by atoms with Crippen LogP contribution in [0.4, 0.5) is 0 Å². The van der Waals surface area contributed by atoms with Crippen molar-refractivity contribution in [3.8, 4) is 0 Å². The van der Waals surface area contributed by atoms with Crippen molar-refractivity contribution in [1.29, 1.82) is 0 Å². The molecular formula is C6H4N3O2S-. The van der Waals surface area contributed by atoms with E-state index in [4.69, 9.17) is 0 Å². The molecule has 5 nitrogen and oxygen atoms in total. The third kappa shape index (κ3) is 1.10. The van der Waals surface area contributed by atoms with Gasteiger partial charge in [-0.05, 0) is 29.3 Å². The Morgan fingerprint density at radius 3 is 2.83 bits per heavy atom. The van der Waals surface area contributed by atoms with Crippen LogP contribution in [-0.2, 0) is 11.1 Å². The van der Waals surface area contributed by atoms with Crippen molar-refractivity contribution in [3.05, 3.63) is 18.2 Å². The van der Waals surface area contributed by atoms with Crippen LogP contribution in [0.15, 0.2) is 23.1 Å². The Balaban J connectivity index is 2.68. The van der Waals surface area contributed by atoms with Gasteiger partial charge in [-0.25, -0.2) is 0 Å². The lowest BCUT2D eigenvalue weighted by Crippen LogP contribution is -1.87. The number of aromatic nitrogens is 3. The summed E-state index contributed by atoms with van der Waals surface area (Å²) in [4.78, 5) is 0.219. The zero-order chi connectivity index (χ0) is 8.55. The fourth-order valence-electron chi connectivity index (χ4n) is 0.924. The van der Waals surface area contributed by atoms with Crippen LogP contribution in [0.3, 0.4) is 0 Å². The quantitative estimate of drug-likeness (QED) is 0.638. The number of hydrogen-bond acceptors (Lipinski definition) is 4. The van der Waals surface area contributed by atoms with Gasteiger partial charge < -0.3 is 4.55 Å². The van der Waals surface area contributed by atoms with Crippen LogP contribution in [0.5, 0.6) is 0 Å². The van der Waals surface area contributed by atoms with Crippen molar-refractivity contribution >= 4 is 22.1 Å². The summed E-state index contributed by atoms with van der Waals surface area (Å²) in [6.07, 6.45) is 0. The van der Waals surface area contributed by atoms with Crippen molar-refractivity contribution < 1.29 is 8.76 Å². The molecule has 0 spiro atoms. The topological polar surface area (TPSA) is 81.7 Å². The van der Waals surface area contributed by atoms with Gasteiger partial charge in [-0.15, -0.1) is 0 Å². The van der Waals surface area contributed by atoms with E-state index in [0.717, 1.165) is 0 Å². The van der Waals surface area contributed by atoms with Gasteiger partial charge in [-0.3, -0.25) is 4.21 Å². The molecule has 1 heterocycles. The second kappa shape index (κ2) is 2.65. The van der Waals surface area contributed by atoms with Gasteiger partial charge in [-0.1, -0.05) is 0 Å². The molecule has 2 aromatic rings. The van der Waals surface area contributed by atoms with Crippen LogP contribution >= 0.6 is 0 Å². The first kappa shape index (κ1) is 7.38. The molecule has 0 amide bonds. The van der Waals surface area contributed by atoms with E-state index in [0.29, 0.717) is 11.0 Å². The minimum Gasteiger partial charge on any atom is -0.768 e. The van der Waals surface area contributed by atoms with E-state index in [1.807, 2.05) is 0 Å². The van der Waals surface area contributed by atoms with Crippen LogP contribution in [0.1, 0.15) is 0 Å². The van der Waals surface area contributed by atoms with Gasteiger partial charge in [0.2, 0.25) is 0 Å². The average molecular weight is 182 g/mol. The van der Waals surface area contributed by atoms with Gasteiger partial charge >= 0.3 is 0 Å². The lowest BCUT2D eigenvalue weighted by Gasteiger charge is -2.02. The Labute approximate surface area is 70.1 Å². The molecule has 1 atom stereocenters. The van der Waals surface area contributed by atoms with Crippen molar-refractivity contribution in [2.24, 2.45) is 0 Å². The molecule has 0 radical (unpaired) electrons. The van der Waals surface area contributed by atoms with E-state index in [1.165, 1.54) is 12.1 Å². The summed E-state index contributed by atoms with van der Waals surface area (Å²) in [6.45, 7) is 0. The van der Waals surface area contributed by atoms with Crippen molar-refractivity contribution in [2.45, 2.75) is 4.90 Å². The van der Waals surface area contributed by atoms with E-state index < -0.39 is 11.1 Å². The summed E-state index contributed by atoms with van der Waals surface area (Å²) < 4.78 is 21.0. The maximum Gasteiger partial charge on any atom is 0.114 e. The molecule has 0 fully saturated rings. The molecule has 0 aliphatic carbocycles. The molecule has 1 aromatic heterocycles. The maximum atomic E-state index is 10.5. The highest BCUT2D eigenvalue weighted by molar-refractivity contribution is 7.79. The largest absolute Gasteiger partial charge is 0.768 e. The van der Waals surface area contributed by atoms with Crippen LogP contribution in [0.2, 0.25) is 0 Å². The first-order chi connectivity index (χ1) is 5.77. The van der Waals surface area contributed by atoms with Crippen LogP contribution in [0, 0.1) is 0 Å². The van der Waals surface area contributed by atoms with E-state index in [1.54, 1.807) is 6.07 Å². The first-order valence-electron chi connectivity index (χ1n) is 3.17. The summed E-state index contributed by atoms with van der Waals surface area (Å²) >= 11 is -2.20. The van der Waals surface area contributed by atoms with Crippen molar-refractivity contribution in [1.82, 2.24) is 15.4 Å². The van der Waals surface area contributed by atoms with Crippen LogP contribution < -0.4 is 0 Å². The Hall–Kier alpha value is -1.27. The Morgan fingerprint density at radius 2 is 2.08 bits per heavy atom. The fourth-order valence-corrected chi connectivity index (χ4v) is 1.31. The summed E-state index contributed by atoms with van der Waals surface area (Å²) in [6, 6.07) is 4.54. The lowest BCUT2D eigenvalue weighted by atomic mass is 10.3. The maximum absolute atomic E-state index is 10.5. The summed E-state index contributed by atoms with van der Waals surface area (Å²) in [5.74, 6) is 0. The van der Waals surface area contributed by atoms with Gasteiger partial charge in [0, 0.05) is 4.90 Å². The van der Waals surface area contributed by atoms with E-state index in [2.05, 4.69) is 15.4 Å². The molecule has 0 aliphatic rings. The molecule has 1 N–H and O–H groups in total. The summed E-state index contributed by atoms with van der Waals surface area (Å²) in [5.41, 5.74) is 1.21. The standard InChI is InChI=1S/C6H5N3O2S/c10-12(11)4-1-2-5-6(3-4)8-9-7-5/h1-3H,(H,10,11)(H,7,8,9)/p-1. The predicted molar refractivity (Wildman–Crippen MR) is 41.1 cm³/mol. The molecule has 0 bridgehead atoms. The number of fused-ring (bicyclic) bond motifs is 1. The number of hydrogen-bond donors (Lipinski definition) is 1. The summed E-state index contributed by atoms with van der Waals surface area (Å²) in [5, 5.41) is 9.94. The number of nitrogens with zero attached hydrogens (tertiary/aromatic N) is 2. The average Bonchev–Trinajstić information content (AvgIpc) is 2.49. The third-order valence-electron chi connectivity index (χ3n) is 1.48. The monoisotopic (exact) mass is 182 g/mol. The Bertz CT molecular complexity index is 439. The van der Waals surface area contributed by atoms with Gasteiger partial charge in [0.05, 0.1) is 0 Å². The molecule has 0 saturated carbocycles. The fraction of sp³-hybridized carbons (Fsp3) is 0. The highest BCUT2D eigenvalue weighted by atomic mass is 32.2. The molecule has 12 heavy (non-hydrogen) atoms. The molecule has 2 rings (SSSR count).